The van der Waals surface area contributed by atoms with Gasteiger partial charge in [0.1, 0.15) is 7.05 Å². The molecule has 0 radical (unpaired) electrons. The first-order valence-corrected chi connectivity index (χ1v) is 9.95. The Morgan fingerprint density at radius 3 is 2.37 bits per heavy atom. The van der Waals surface area contributed by atoms with E-state index in [0.29, 0.717) is 5.41 Å². The van der Waals surface area contributed by atoms with Crippen molar-refractivity contribution in [1.82, 2.24) is 0 Å². The first-order chi connectivity index (χ1) is 12.7. The summed E-state index contributed by atoms with van der Waals surface area (Å²) in [5, 5.41) is 0. The van der Waals surface area contributed by atoms with Gasteiger partial charge in [0.15, 0.2) is 6.20 Å². The van der Waals surface area contributed by atoms with Crippen LogP contribution in [0.25, 0.3) is 22.4 Å². The van der Waals surface area contributed by atoms with E-state index >= 15 is 0 Å². The largest absolute Gasteiger partial charge is 0.212 e. The van der Waals surface area contributed by atoms with E-state index in [1.807, 2.05) is 0 Å². The minimum Gasteiger partial charge on any atom is -0.201 e. The number of pyridine rings is 1. The predicted molar refractivity (Wildman–Crippen MR) is 114 cm³/mol. The van der Waals surface area contributed by atoms with Gasteiger partial charge in [0.2, 0.25) is 5.69 Å². The van der Waals surface area contributed by atoms with Crippen molar-refractivity contribution in [3.8, 4) is 22.4 Å². The number of nitrogens with zero attached hydrogens (tertiary/aromatic N) is 1. The Morgan fingerprint density at radius 2 is 1.63 bits per heavy atom. The molecule has 1 heteroatoms. The van der Waals surface area contributed by atoms with Gasteiger partial charge in [0.25, 0.3) is 0 Å². The van der Waals surface area contributed by atoms with E-state index in [1.165, 1.54) is 50.2 Å². The minimum atomic E-state index is 0.300. The Bertz CT molecular complexity index is 1030. The Balaban J connectivity index is 1.80. The second-order valence-electron chi connectivity index (χ2n) is 9.31. The van der Waals surface area contributed by atoms with Crippen LogP contribution >= 0.6 is 0 Å². The maximum absolute atomic E-state index is 2.37. The highest BCUT2D eigenvalue weighted by Gasteiger charge is 2.24. The quantitative estimate of drug-likeness (QED) is 0.390. The molecular formula is C26H30N+. The molecule has 0 amide bonds. The monoisotopic (exact) mass is 356 g/mol. The maximum atomic E-state index is 2.37. The first-order valence-electron chi connectivity index (χ1n) is 9.95. The van der Waals surface area contributed by atoms with Crippen molar-refractivity contribution in [2.45, 2.75) is 47.5 Å². The van der Waals surface area contributed by atoms with Gasteiger partial charge < -0.3 is 0 Å². The van der Waals surface area contributed by atoms with Gasteiger partial charge in [0.05, 0.1) is 0 Å². The molecule has 4 rings (SSSR count). The third-order valence-corrected chi connectivity index (χ3v) is 5.86. The number of hydrogen-bond acceptors (Lipinski definition) is 0. The van der Waals surface area contributed by atoms with E-state index < -0.39 is 0 Å². The van der Waals surface area contributed by atoms with E-state index in [9.17, 15) is 0 Å². The molecule has 1 heterocycles. The van der Waals surface area contributed by atoms with E-state index in [1.54, 1.807) is 0 Å². The van der Waals surface area contributed by atoms with Gasteiger partial charge in [-0.1, -0.05) is 51.1 Å². The van der Waals surface area contributed by atoms with Crippen LogP contribution in [0.2, 0.25) is 0 Å². The molecule has 0 bridgehead atoms. The molecule has 0 N–H and O–H groups in total. The van der Waals surface area contributed by atoms with Crippen LogP contribution in [0.15, 0.2) is 48.7 Å². The molecule has 138 valence electrons. The Morgan fingerprint density at radius 1 is 0.926 bits per heavy atom. The Hall–Kier alpha value is -2.41. The average Bonchev–Trinajstić information content (AvgIpc) is 2.97. The van der Waals surface area contributed by atoms with Crippen LogP contribution in [0, 0.1) is 19.3 Å². The lowest BCUT2D eigenvalue weighted by Gasteiger charge is -2.19. The van der Waals surface area contributed by atoms with E-state index in [4.69, 9.17) is 0 Å². The zero-order valence-corrected chi connectivity index (χ0v) is 17.5. The third-order valence-electron chi connectivity index (χ3n) is 5.86. The van der Waals surface area contributed by atoms with Gasteiger partial charge in [-0.15, -0.1) is 0 Å². The van der Waals surface area contributed by atoms with E-state index in [-0.39, 0.29) is 0 Å². The number of fused-ring (bicyclic) bond motifs is 3. The van der Waals surface area contributed by atoms with Crippen molar-refractivity contribution in [1.29, 1.82) is 0 Å². The number of hydrogen-bond donors (Lipinski definition) is 0. The fraction of sp³-hybridized carbons (Fsp3) is 0.346. The molecule has 0 spiro atoms. The lowest BCUT2D eigenvalue weighted by atomic mass is 9.86. The maximum Gasteiger partial charge on any atom is 0.212 e. The van der Waals surface area contributed by atoms with Crippen LogP contribution < -0.4 is 4.57 Å². The van der Waals surface area contributed by atoms with Gasteiger partial charge in [-0.3, -0.25) is 0 Å². The van der Waals surface area contributed by atoms with Crippen LogP contribution in [0.3, 0.4) is 0 Å². The molecule has 0 saturated carbocycles. The Kier molecular flexibility index (Phi) is 4.22. The second-order valence-corrected chi connectivity index (χ2v) is 9.31. The van der Waals surface area contributed by atoms with Crippen molar-refractivity contribution in [2.24, 2.45) is 12.5 Å². The van der Waals surface area contributed by atoms with Crippen LogP contribution in [0.5, 0.6) is 0 Å². The van der Waals surface area contributed by atoms with Crippen molar-refractivity contribution < 1.29 is 4.57 Å². The lowest BCUT2D eigenvalue weighted by molar-refractivity contribution is -0.660. The molecule has 1 aromatic heterocycles. The van der Waals surface area contributed by atoms with Gasteiger partial charge in [0, 0.05) is 17.2 Å². The van der Waals surface area contributed by atoms with Crippen molar-refractivity contribution in [3.05, 3.63) is 76.5 Å². The molecule has 27 heavy (non-hydrogen) atoms. The van der Waals surface area contributed by atoms with Crippen molar-refractivity contribution in [3.63, 3.8) is 0 Å². The number of aromatic nitrogens is 1. The minimum absolute atomic E-state index is 0.300. The highest BCUT2D eigenvalue weighted by molar-refractivity contribution is 5.81. The molecule has 1 nitrogen and oxygen atoms in total. The molecule has 2 aromatic carbocycles. The average molecular weight is 357 g/mol. The van der Waals surface area contributed by atoms with Crippen LogP contribution in [0.4, 0.5) is 0 Å². The smallest absolute Gasteiger partial charge is 0.201 e. The summed E-state index contributed by atoms with van der Waals surface area (Å²) in [6, 6.07) is 15.8. The highest BCUT2D eigenvalue weighted by Crippen LogP contribution is 2.40. The van der Waals surface area contributed by atoms with Crippen molar-refractivity contribution >= 4 is 0 Å². The summed E-state index contributed by atoms with van der Waals surface area (Å²) in [4.78, 5) is 0. The van der Waals surface area contributed by atoms with Gasteiger partial charge in [-0.05, 0) is 71.6 Å². The van der Waals surface area contributed by atoms with Gasteiger partial charge in [-0.25, -0.2) is 4.57 Å². The summed E-state index contributed by atoms with van der Waals surface area (Å²) in [6.45, 7) is 11.5. The summed E-state index contributed by atoms with van der Waals surface area (Å²) >= 11 is 0. The lowest BCUT2D eigenvalue weighted by Crippen LogP contribution is -2.32. The van der Waals surface area contributed by atoms with Crippen molar-refractivity contribution in [2.75, 3.05) is 0 Å². The fourth-order valence-corrected chi connectivity index (χ4v) is 4.47. The highest BCUT2D eigenvalue weighted by atomic mass is 14.9. The third kappa shape index (κ3) is 3.20. The number of benzene rings is 2. The van der Waals surface area contributed by atoms with Gasteiger partial charge in [-0.2, -0.15) is 0 Å². The second kappa shape index (κ2) is 6.34. The summed E-state index contributed by atoms with van der Waals surface area (Å²) in [6.07, 6.45) is 4.48. The van der Waals surface area contributed by atoms with Crippen LogP contribution in [-0.4, -0.2) is 0 Å². The molecule has 1 aliphatic carbocycles. The summed E-state index contributed by atoms with van der Waals surface area (Å²) in [5.41, 5.74) is 13.0. The normalized spacial score (nSPS) is 12.8. The van der Waals surface area contributed by atoms with Crippen LogP contribution in [0.1, 0.15) is 48.6 Å². The standard InChI is InChI=1S/C26H30N/c1-17-13-25(27(6)16-20(17)15-26(3,4)5)21-11-12-23-22-10-8-7-9-19(22)14-24(23)18(21)2/h7-13,16H,14-15H2,1-6H3/q+1. The summed E-state index contributed by atoms with van der Waals surface area (Å²) in [7, 11) is 2.18. The number of aryl methyl sites for hydroxylation is 2. The molecule has 0 aliphatic heterocycles. The molecular weight excluding hydrogens is 326 g/mol. The topological polar surface area (TPSA) is 3.88 Å². The first kappa shape index (κ1) is 18.0. The molecule has 3 aromatic rings. The SMILES string of the molecule is Cc1cc(-c2ccc3c(c2C)Cc2ccccc2-3)[n+](C)cc1CC(C)(C)C. The van der Waals surface area contributed by atoms with E-state index in [0.717, 1.165) is 12.8 Å². The molecule has 0 unspecified atom stereocenters. The zero-order valence-electron chi connectivity index (χ0n) is 17.5. The zero-order chi connectivity index (χ0) is 19.3. The Labute approximate surface area is 163 Å². The van der Waals surface area contributed by atoms with Crippen LogP contribution in [-0.2, 0) is 19.9 Å². The molecule has 0 saturated heterocycles. The fourth-order valence-electron chi connectivity index (χ4n) is 4.47. The molecule has 1 aliphatic rings. The summed E-state index contributed by atoms with van der Waals surface area (Å²) in [5.74, 6) is 0. The van der Waals surface area contributed by atoms with E-state index in [2.05, 4.69) is 94.9 Å². The summed E-state index contributed by atoms with van der Waals surface area (Å²) < 4.78 is 2.31. The molecule has 0 fully saturated rings. The predicted octanol–water partition coefficient (Wildman–Crippen LogP) is 5.95. The molecule has 0 atom stereocenters. The number of rotatable bonds is 2. The van der Waals surface area contributed by atoms with Gasteiger partial charge >= 0.3 is 0 Å².